The van der Waals surface area contributed by atoms with Crippen LogP contribution < -0.4 is 9.64 Å². The van der Waals surface area contributed by atoms with Crippen molar-refractivity contribution in [1.29, 1.82) is 0 Å². The lowest BCUT2D eigenvalue weighted by molar-refractivity contribution is 0.326. The Hall–Kier alpha value is -2.18. The minimum Gasteiger partial charge on any atom is -0.478 e. The maximum Gasteiger partial charge on any atom is 0.218 e. The van der Waals surface area contributed by atoms with Crippen LogP contribution in [0.2, 0.25) is 0 Å². The molecule has 7 heteroatoms. The molecule has 0 amide bonds. The minimum atomic E-state index is 0.244. The average Bonchev–Trinajstić information content (AvgIpc) is 3.16. The van der Waals surface area contributed by atoms with Gasteiger partial charge in [0.05, 0.1) is 12.6 Å². The fourth-order valence-electron chi connectivity index (χ4n) is 3.78. The summed E-state index contributed by atoms with van der Waals surface area (Å²) in [6, 6.07) is 2.18. The van der Waals surface area contributed by atoms with Gasteiger partial charge in [-0.15, -0.1) is 10.2 Å². The highest BCUT2D eigenvalue weighted by Crippen LogP contribution is 2.35. The minimum absolute atomic E-state index is 0.244. The summed E-state index contributed by atoms with van der Waals surface area (Å²) >= 11 is 0. The molecule has 1 fully saturated rings. The zero-order valence-corrected chi connectivity index (χ0v) is 14.2. The van der Waals surface area contributed by atoms with Crippen LogP contribution in [-0.2, 0) is 13.0 Å². The molecule has 24 heavy (non-hydrogen) atoms. The van der Waals surface area contributed by atoms with E-state index in [-0.39, 0.29) is 6.04 Å². The highest BCUT2D eigenvalue weighted by molar-refractivity contribution is 5.44. The Balaban J connectivity index is 1.64. The second-order valence-corrected chi connectivity index (χ2v) is 6.44. The first-order chi connectivity index (χ1) is 11.9. The first-order valence-electron chi connectivity index (χ1n) is 9.00. The molecule has 7 nitrogen and oxygen atoms in total. The number of ether oxygens (including phenoxy) is 1. The Morgan fingerprint density at radius 3 is 3.00 bits per heavy atom. The van der Waals surface area contributed by atoms with Gasteiger partial charge in [0.25, 0.3) is 0 Å². The van der Waals surface area contributed by atoms with Crippen LogP contribution in [0.15, 0.2) is 12.4 Å². The van der Waals surface area contributed by atoms with Crippen LogP contribution in [0.5, 0.6) is 5.88 Å². The third-order valence-corrected chi connectivity index (χ3v) is 4.90. The predicted molar refractivity (Wildman–Crippen MR) is 90.1 cm³/mol. The van der Waals surface area contributed by atoms with Gasteiger partial charge < -0.3 is 14.2 Å². The molecule has 128 valence electrons. The number of hydrogen-bond donors (Lipinski definition) is 0. The van der Waals surface area contributed by atoms with Crippen LogP contribution in [0, 0.1) is 0 Å². The number of rotatable bonds is 4. The first-order valence-corrected chi connectivity index (χ1v) is 9.00. The summed E-state index contributed by atoms with van der Waals surface area (Å²) in [7, 11) is 0. The number of aromatic nitrogens is 5. The van der Waals surface area contributed by atoms with Crippen molar-refractivity contribution in [2.45, 2.75) is 58.0 Å². The molecule has 2 aromatic rings. The second kappa shape index (κ2) is 6.75. The molecule has 0 aromatic carbocycles. The summed E-state index contributed by atoms with van der Waals surface area (Å²) in [5, 5.41) is 9.02. The van der Waals surface area contributed by atoms with Crippen molar-refractivity contribution in [1.82, 2.24) is 24.7 Å². The smallest absolute Gasteiger partial charge is 0.218 e. The fourth-order valence-corrected chi connectivity index (χ4v) is 3.78. The van der Waals surface area contributed by atoms with Crippen molar-refractivity contribution in [2.24, 2.45) is 0 Å². The quantitative estimate of drug-likeness (QED) is 0.859. The molecule has 0 unspecified atom stereocenters. The van der Waals surface area contributed by atoms with Gasteiger partial charge in [-0.05, 0) is 32.6 Å². The second-order valence-electron chi connectivity index (χ2n) is 6.44. The third kappa shape index (κ3) is 2.83. The molecule has 0 saturated carbocycles. The molecule has 2 aliphatic rings. The highest BCUT2D eigenvalue weighted by Gasteiger charge is 2.32. The van der Waals surface area contributed by atoms with Gasteiger partial charge in [0, 0.05) is 25.6 Å². The van der Waals surface area contributed by atoms with Gasteiger partial charge in [0.15, 0.2) is 5.82 Å². The van der Waals surface area contributed by atoms with Gasteiger partial charge in [-0.2, -0.15) is 0 Å². The predicted octanol–water partition coefficient (Wildman–Crippen LogP) is 2.53. The van der Waals surface area contributed by atoms with Gasteiger partial charge in [-0.1, -0.05) is 6.42 Å². The Morgan fingerprint density at radius 2 is 2.08 bits per heavy atom. The largest absolute Gasteiger partial charge is 0.478 e. The summed E-state index contributed by atoms with van der Waals surface area (Å²) in [4.78, 5) is 11.0. The van der Waals surface area contributed by atoms with E-state index in [9.17, 15) is 0 Å². The summed E-state index contributed by atoms with van der Waals surface area (Å²) in [6.07, 6.45) is 8.57. The molecule has 0 spiro atoms. The molecule has 2 aromatic heterocycles. The number of hydrogen-bond acceptors (Lipinski definition) is 6. The van der Waals surface area contributed by atoms with Gasteiger partial charge in [0.1, 0.15) is 18.0 Å². The molecule has 0 aliphatic carbocycles. The molecule has 1 saturated heterocycles. The summed E-state index contributed by atoms with van der Waals surface area (Å²) in [5.74, 6) is 3.79. The van der Waals surface area contributed by atoms with Crippen LogP contribution in [0.4, 0.5) is 5.82 Å². The van der Waals surface area contributed by atoms with Crippen molar-refractivity contribution in [3.05, 3.63) is 24.0 Å². The number of fused-ring (bicyclic) bond motifs is 1. The van der Waals surface area contributed by atoms with Crippen LogP contribution in [0.3, 0.4) is 0 Å². The Labute approximate surface area is 142 Å². The van der Waals surface area contributed by atoms with Gasteiger partial charge in [-0.25, -0.2) is 9.97 Å². The van der Waals surface area contributed by atoms with E-state index in [0.717, 1.165) is 49.8 Å². The van der Waals surface area contributed by atoms with E-state index in [0.29, 0.717) is 12.5 Å². The van der Waals surface area contributed by atoms with Crippen molar-refractivity contribution < 1.29 is 4.74 Å². The van der Waals surface area contributed by atoms with Crippen molar-refractivity contribution >= 4 is 5.82 Å². The number of aryl methyl sites for hydroxylation is 1. The van der Waals surface area contributed by atoms with E-state index >= 15 is 0 Å². The lowest BCUT2D eigenvalue weighted by Crippen LogP contribution is -2.26. The Morgan fingerprint density at radius 1 is 1.12 bits per heavy atom. The Kier molecular flexibility index (Phi) is 4.32. The molecular weight excluding hydrogens is 304 g/mol. The van der Waals surface area contributed by atoms with Crippen LogP contribution >= 0.6 is 0 Å². The topological polar surface area (TPSA) is 69.0 Å². The molecule has 4 rings (SSSR count). The summed E-state index contributed by atoms with van der Waals surface area (Å²) in [5.41, 5.74) is 0. The zero-order chi connectivity index (χ0) is 16.4. The van der Waals surface area contributed by atoms with Crippen LogP contribution in [0.25, 0.3) is 0 Å². The SMILES string of the molecule is CCOc1cc(N2CCC[C@H]2c2nnc3n2CCCCC3)ncn1. The first kappa shape index (κ1) is 15.4. The molecule has 0 radical (unpaired) electrons. The maximum atomic E-state index is 5.53. The fraction of sp³-hybridized carbons (Fsp3) is 0.647. The van der Waals surface area contributed by atoms with E-state index < -0.39 is 0 Å². The van der Waals surface area contributed by atoms with Crippen molar-refractivity contribution in [3.8, 4) is 5.88 Å². The molecule has 4 heterocycles. The molecular formula is C17H24N6O. The standard InChI is InChI=1S/C17H24N6O/c1-2-24-16-11-15(18-12-19-16)22-10-6-7-13(22)17-21-20-14-8-4-3-5-9-23(14)17/h11-13H,2-10H2,1H3/t13-/m0/s1. The van der Waals surface area contributed by atoms with Gasteiger partial charge in [0.2, 0.25) is 5.88 Å². The number of anilines is 1. The highest BCUT2D eigenvalue weighted by atomic mass is 16.5. The average molecular weight is 328 g/mol. The van der Waals surface area contributed by atoms with Crippen LogP contribution in [0.1, 0.15) is 56.7 Å². The van der Waals surface area contributed by atoms with Crippen molar-refractivity contribution in [2.75, 3.05) is 18.1 Å². The van der Waals surface area contributed by atoms with Gasteiger partial charge >= 0.3 is 0 Å². The molecule has 0 N–H and O–H groups in total. The molecule has 2 aliphatic heterocycles. The summed E-state index contributed by atoms with van der Waals surface area (Å²) < 4.78 is 7.88. The molecule has 1 atom stereocenters. The summed E-state index contributed by atoms with van der Waals surface area (Å²) in [6.45, 7) is 4.59. The van der Waals surface area contributed by atoms with E-state index in [1.807, 2.05) is 13.0 Å². The monoisotopic (exact) mass is 328 g/mol. The van der Waals surface area contributed by atoms with E-state index in [1.54, 1.807) is 6.33 Å². The maximum absolute atomic E-state index is 5.53. The lowest BCUT2D eigenvalue weighted by Gasteiger charge is -2.25. The molecule has 0 bridgehead atoms. The number of nitrogens with zero attached hydrogens (tertiary/aromatic N) is 6. The normalized spacial score (nSPS) is 20.7. The van der Waals surface area contributed by atoms with E-state index in [4.69, 9.17) is 4.74 Å². The zero-order valence-electron chi connectivity index (χ0n) is 14.2. The lowest BCUT2D eigenvalue weighted by atomic mass is 10.2. The van der Waals surface area contributed by atoms with Crippen LogP contribution in [-0.4, -0.2) is 37.9 Å². The van der Waals surface area contributed by atoms with Gasteiger partial charge in [-0.3, -0.25) is 0 Å². The van der Waals surface area contributed by atoms with E-state index in [1.165, 1.54) is 19.3 Å². The third-order valence-electron chi connectivity index (χ3n) is 4.90. The van der Waals surface area contributed by atoms with Crippen molar-refractivity contribution in [3.63, 3.8) is 0 Å². The van der Waals surface area contributed by atoms with E-state index in [2.05, 4.69) is 29.6 Å². The Bertz CT molecular complexity index is 700.